The SMILES string of the molecule is CCOC(=O)c1cnc(-c2ccccc2Br)nc1C. The minimum atomic E-state index is -0.390. The van der Waals surface area contributed by atoms with Crippen LogP contribution in [0.4, 0.5) is 0 Å². The first-order chi connectivity index (χ1) is 9.13. The molecule has 0 atom stereocenters. The quantitative estimate of drug-likeness (QED) is 0.813. The smallest absolute Gasteiger partial charge is 0.341 e. The Morgan fingerprint density at radius 3 is 2.74 bits per heavy atom. The number of rotatable bonds is 3. The van der Waals surface area contributed by atoms with Crippen LogP contribution in [0.1, 0.15) is 23.0 Å². The van der Waals surface area contributed by atoms with Crippen LogP contribution in [0, 0.1) is 6.92 Å². The highest BCUT2D eigenvalue weighted by molar-refractivity contribution is 9.10. The van der Waals surface area contributed by atoms with Gasteiger partial charge in [-0.15, -0.1) is 0 Å². The predicted octanol–water partition coefficient (Wildman–Crippen LogP) is 3.39. The number of carbonyl (C=O) groups excluding carboxylic acids is 1. The molecule has 1 aromatic carbocycles. The lowest BCUT2D eigenvalue weighted by molar-refractivity contribution is 0.0524. The standard InChI is InChI=1S/C14H13BrN2O2/c1-3-19-14(18)11-8-16-13(17-9(11)2)10-6-4-5-7-12(10)15/h4-8H,3H2,1-2H3. The molecule has 0 amide bonds. The molecule has 5 heteroatoms. The number of esters is 1. The summed E-state index contributed by atoms with van der Waals surface area (Å²) in [5, 5.41) is 0. The second-order valence-corrected chi connectivity index (χ2v) is 4.75. The van der Waals surface area contributed by atoms with E-state index < -0.39 is 5.97 Å². The van der Waals surface area contributed by atoms with Crippen LogP contribution in [0.2, 0.25) is 0 Å². The maximum absolute atomic E-state index is 11.7. The van der Waals surface area contributed by atoms with Crippen molar-refractivity contribution in [2.24, 2.45) is 0 Å². The predicted molar refractivity (Wildman–Crippen MR) is 75.9 cm³/mol. The van der Waals surface area contributed by atoms with Crippen molar-refractivity contribution >= 4 is 21.9 Å². The van der Waals surface area contributed by atoms with Crippen molar-refractivity contribution < 1.29 is 9.53 Å². The molecule has 0 aliphatic carbocycles. The van der Waals surface area contributed by atoms with Gasteiger partial charge < -0.3 is 4.74 Å². The average Bonchev–Trinajstić information content (AvgIpc) is 2.39. The zero-order valence-electron chi connectivity index (χ0n) is 10.7. The van der Waals surface area contributed by atoms with E-state index >= 15 is 0 Å². The Morgan fingerprint density at radius 2 is 2.11 bits per heavy atom. The van der Waals surface area contributed by atoms with E-state index in [4.69, 9.17) is 4.74 Å². The highest BCUT2D eigenvalue weighted by Gasteiger charge is 2.14. The van der Waals surface area contributed by atoms with E-state index in [1.54, 1.807) is 13.8 Å². The van der Waals surface area contributed by atoms with Gasteiger partial charge in [-0.2, -0.15) is 0 Å². The highest BCUT2D eigenvalue weighted by Crippen LogP contribution is 2.25. The van der Waals surface area contributed by atoms with E-state index in [9.17, 15) is 4.79 Å². The van der Waals surface area contributed by atoms with Crippen molar-refractivity contribution in [3.05, 3.63) is 46.2 Å². The molecule has 0 unspecified atom stereocenters. The van der Waals surface area contributed by atoms with Crippen molar-refractivity contribution in [1.29, 1.82) is 0 Å². The summed E-state index contributed by atoms with van der Waals surface area (Å²) < 4.78 is 5.86. The van der Waals surface area contributed by atoms with E-state index in [1.807, 2.05) is 24.3 Å². The van der Waals surface area contributed by atoms with Gasteiger partial charge in [0.25, 0.3) is 0 Å². The topological polar surface area (TPSA) is 52.1 Å². The van der Waals surface area contributed by atoms with E-state index in [0.29, 0.717) is 23.7 Å². The first-order valence-electron chi connectivity index (χ1n) is 5.89. The number of hydrogen-bond donors (Lipinski definition) is 0. The number of benzene rings is 1. The molecule has 2 rings (SSSR count). The summed E-state index contributed by atoms with van der Waals surface area (Å²) in [6.45, 7) is 3.88. The van der Waals surface area contributed by atoms with E-state index in [0.717, 1.165) is 10.0 Å². The summed E-state index contributed by atoms with van der Waals surface area (Å²) in [6.07, 6.45) is 1.51. The Balaban J connectivity index is 2.39. The molecule has 0 saturated heterocycles. The van der Waals surface area contributed by atoms with Crippen LogP contribution in [0.5, 0.6) is 0 Å². The lowest BCUT2D eigenvalue weighted by Crippen LogP contribution is -2.09. The summed E-state index contributed by atoms with van der Waals surface area (Å²) in [4.78, 5) is 20.3. The summed E-state index contributed by atoms with van der Waals surface area (Å²) in [7, 11) is 0. The number of carbonyl (C=O) groups is 1. The normalized spacial score (nSPS) is 10.3. The number of ether oxygens (including phenoxy) is 1. The summed E-state index contributed by atoms with van der Waals surface area (Å²) in [5.41, 5.74) is 1.90. The monoisotopic (exact) mass is 320 g/mol. The summed E-state index contributed by atoms with van der Waals surface area (Å²) >= 11 is 3.46. The first kappa shape index (κ1) is 13.7. The summed E-state index contributed by atoms with van der Waals surface area (Å²) in [5.74, 6) is 0.191. The van der Waals surface area contributed by atoms with Crippen LogP contribution >= 0.6 is 15.9 Å². The molecule has 1 heterocycles. The van der Waals surface area contributed by atoms with Crippen LogP contribution in [0.15, 0.2) is 34.9 Å². The van der Waals surface area contributed by atoms with Crippen LogP contribution < -0.4 is 0 Å². The van der Waals surface area contributed by atoms with Crippen molar-refractivity contribution in [3.63, 3.8) is 0 Å². The van der Waals surface area contributed by atoms with Crippen molar-refractivity contribution in [3.8, 4) is 11.4 Å². The fraction of sp³-hybridized carbons (Fsp3) is 0.214. The fourth-order valence-corrected chi connectivity index (χ4v) is 2.11. The van der Waals surface area contributed by atoms with Crippen LogP contribution in [-0.2, 0) is 4.74 Å². The third-order valence-electron chi connectivity index (χ3n) is 2.59. The largest absolute Gasteiger partial charge is 0.462 e. The molecule has 98 valence electrons. The minimum Gasteiger partial charge on any atom is -0.462 e. The van der Waals surface area contributed by atoms with E-state index in [2.05, 4.69) is 25.9 Å². The van der Waals surface area contributed by atoms with Gasteiger partial charge in [-0.1, -0.05) is 34.1 Å². The molecule has 2 aromatic rings. The van der Waals surface area contributed by atoms with Gasteiger partial charge in [-0.05, 0) is 19.9 Å². The average molecular weight is 321 g/mol. The molecule has 4 nitrogen and oxygen atoms in total. The number of nitrogens with zero attached hydrogens (tertiary/aromatic N) is 2. The molecule has 0 radical (unpaired) electrons. The Bertz CT molecular complexity index is 614. The van der Waals surface area contributed by atoms with Gasteiger partial charge in [0.05, 0.1) is 17.9 Å². The first-order valence-corrected chi connectivity index (χ1v) is 6.68. The number of aryl methyl sites for hydroxylation is 1. The molecule has 0 saturated carbocycles. The third kappa shape index (κ3) is 2.98. The number of hydrogen-bond acceptors (Lipinski definition) is 4. The lowest BCUT2D eigenvalue weighted by atomic mass is 10.2. The van der Waals surface area contributed by atoms with Gasteiger partial charge in [-0.25, -0.2) is 14.8 Å². The summed E-state index contributed by atoms with van der Waals surface area (Å²) in [6, 6.07) is 7.68. The van der Waals surface area contributed by atoms with Gasteiger partial charge in [0.15, 0.2) is 5.82 Å². The molecule has 0 bridgehead atoms. The highest BCUT2D eigenvalue weighted by atomic mass is 79.9. The Hall–Kier alpha value is -1.75. The maximum Gasteiger partial charge on any atom is 0.341 e. The third-order valence-corrected chi connectivity index (χ3v) is 3.28. The molecule has 0 spiro atoms. The van der Waals surface area contributed by atoms with Gasteiger partial charge in [-0.3, -0.25) is 0 Å². The molecule has 1 aromatic heterocycles. The molecular formula is C14H13BrN2O2. The molecule has 0 fully saturated rings. The maximum atomic E-state index is 11.7. The zero-order chi connectivity index (χ0) is 13.8. The molecular weight excluding hydrogens is 308 g/mol. The fourth-order valence-electron chi connectivity index (χ4n) is 1.65. The second-order valence-electron chi connectivity index (χ2n) is 3.89. The van der Waals surface area contributed by atoms with Gasteiger partial charge >= 0.3 is 5.97 Å². The van der Waals surface area contributed by atoms with E-state index in [-0.39, 0.29) is 0 Å². The molecule has 0 aliphatic rings. The Morgan fingerprint density at radius 1 is 1.37 bits per heavy atom. The molecule has 19 heavy (non-hydrogen) atoms. The van der Waals surface area contributed by atoms with Crippen LogP contribution in [0.25, 0.3) is 11.4 Å². The molecule has 0 N–H and O–H groups in total. The van der Waals surface area contributed by atoms with Gasteiger partial charge in [0.1, 0.15) is 0 Å². The van der Waals surface area contributed by atoms with Crippen molar-refractivity contribution in [2.45, 2.75) is 13.8 Å². The van der Waals surface area contributed by atoms with Crippen LogP contribution in [-0.4, -0.2) is 22.5 Å². The Kier molecular flexibility index (Phi) is 4.27. The van der Waals surface area contributed by atoms with Crippen molar-refractivity contribution in [1.82, 2.24) is 9.97 Å². The second kappa shape index (κ2) is 5.93. The minimum absolute atomic E-state index is 0.338. The van der Waals surface area contributed by atoms with Crippen molar-refractivity contribution in [2.75, 3.05) is 6.61 Å². The number of aromatic nitrogens is 2. The zero-order valence-corrected chi connectivity index (χ0v) is 12.3. The van der Waals surface area contributed by atoms with Gasteiger partial charge in [0, 0.05) is 16.2 Å². The van der Waals surface area contributed by atoms with Gasteiger partial charge in [0.2, 0.25) is 0 Å². The van der Waals surface area contributed by atoms with Crippen LogP contribution in [0.3, 0.4) is 0 Å². The Labute approximate surface area is 120 Å². The van der Waals surface area contributed by atoms with E-state index in [1.165, 1.54) is 6.20 Å². The lowest BCUT2D eigenvalue weighted by Gasteiger charge is -2.07. The number of halogens is 1. The molecule has 0 aliphatic heterocycles.